The van der Waals surface area contributed by atoms with Crippen LogP contribution in [0.25, 0.3) is 5.65 Å². The first kappa shape index (κ1) is 9.92. The Kier molecular flexibility index (Phi) is 2.45. The van der Waals surface area contributed by atoms with Crippen molar-refractivity contribution in [3.05, 3.63) is 24.2 Å². The summed E-state index contributed by atoms with van der Waals surface area (Å²) in [5.74, 6) is 3.24. The first-order valence-electron chi connectivity index (χ1n) is 5.19. The number of hydrogen-bond acceptors (Lipinski definition) is 5. The number of pyridine rings is 1. The van der Waals surface area contributed by atoms with E-state index in [9.17, 15) is 5.11 Å². The highest BCUT2D eigenvalue weighted by Gasteiger charge is 2.20. The molecule has 16 heavy (non-hydrogen) atoms. The predicted molar refractivity (Wildman–Crippen MR) is 62.7 cm³/mol. The van der Waals surface area contributed by atoms with Crippen LogP contribution in [0.15, 0.2) is 18.3 Å². The van der Waals surface area contributed by atoms with Gasteiger partial charge in [0.05, 0.1) is 12.2 Å². The molecule has 0 radical (unpaired) electrons. The van der Waals surface area contributed by atoms with Gasteiger partial charge in [0, 0.05) is 18.1 Å². The van der Waals surface area contributed by atoms with Gasteiger partial charge in [-0.3, -0.25) is 4.40 Å². The van der Waals surface area contributed by atoms with Gasteiger partial charge in [-0.1, -0.05) is 0 Å². The van der Waals surface area contributed by atoms with Crippen LogP contribution in [0.2, 0.25) is 0 Å². The third-order valence-corrected chi connectivity index (χ3v) is 3.71. The van der Waals surface area contributed by atoms with E-state index in [4.69, 9.17) is 0 Å². The maximum absolute atomic E-state index is 9.47. The van der Waals surface area contributed by atoms with Crippen LogP contribution < -0.4 is 5.32 Å². The Bertz CT molecular complexity index is 506. The second kappa shape index (κ2) is 3.95. The van der Waals surface area contributed by atoms with Crippen molar-refractivity contribution in [3.63, 3.8) is 0 Å². The lowest BCUT2D eigenvalue weighted by Crippen LogP contribution is -2.31. The van der Waals surface area contributed by atoms with E-state index < -0.39 is 0 Å². The number of nitrogens with one attached hydrogen (secondary N) is 1. The van der Waals surface area contributed by atoms with Crippen LogP contribution in [0, 0.1) is 0 Å². The van der Waals surface area contributed by atoms with E-state index >= 15 is 0 Å². The Morgan fingerprint density at radius 3 is 3.19 bits per heavy atom. The fourth-order valence-corrected chi connectivity index (χ4v) is 2.80. The molecule has 0 spiro atoms. The molecular formula is C10H12N4OS. The molecule has 1 fully saturated rings. The summed E-state index contributed by atoms with van der Waals surface area (Å²) in [5, 5.41) is 21.2. The molecule has 5 nitrogen and oxygen atoms in total. The van der Waals surface area contributed by atoms with E-state index in [0.717, 1.165) is 29.5 Å². The number of thioether (sulfide) groups is 1. The maximum Gasteiger partial charge on any atom is 0.161 e. The number of nitrogens with zero attached hydrogens (tertiary/aromatic N) is 3. The number of fused-ring (bicyclic) bond motifs is 1. The second-order valence-corrected chi connectivity index (χ2v) is 4.91. The van der Waals surface area contributed by atoms with Crippen LogP contribution in [-0.2, 0) is 0 Å². The highest BCUT2D eigenvalue weighted by atomic mass is 32.2. The first-order chi connectivity index (χ1) is 7.84. The van der Waals surface area contributed by atoms with Crippen LogP contribution in [0.1, 0.15) is 11.9 Å². The molecule has 1 aliphatic rings. The SMILES string of the molecule is Oc1ccc2nnc(C3CSCCN3)n2c1. The van der Waals surface area contributed by atoms with Crippen molar-refractivity contribution in [2.24, 2.45) is 0 Å². The lowest BCUT2D eigenvalue weighted by Gasteiger charge is -2.21. The molecule has 3 heterocycles. The Hall–Kier alpha value is -1.27. The average molecular weight is 236 g/mol. The maximum atomic E-state index is 9.47. The van der Waals surface area contributed by atoms with Gasteiger partial charge in [-0.25, -0.2) is 0 Å². The molecule has 1 saturated heterocycles. The molecule has 3 rings (SSSR count). The van der Waals surface area contributed by atoms with Crippen molar-refractivity contribution in [1.82, 2.24) is 19.9 Å². The van der Waals surface area contributed by atoms with Gasteiger partial charge in [0.1, 0.15) is 5.75 Å². The third-order valence-electron chi connectivity index (χ3n) is 2.65. The van der Waals surface area contributed by atoms with E-state index in [-0.39, 0.29) is 11.8 Å². The van der Waals surface area contributed by atoms with Gasteiger partial charge in [0.2, 0.25) is 0 Å². The Labute approximate surface area is 96.9 Å². The molecule has 1 aliphatic heterocycles. The van der Waals surface area contributed by atoms with Gasteiger partial charge in [-0.2, -0.15) is 11.8 Å². The van der Waals surface area contributed by atoms with Crippen LogP contribution in [0.5, 0.6) is 5.75 Å². The molecule has 2 aromatic heterocycles. The van der Waals surface area contributed by atoms with Crippen LogP contribution >= 0.6 is 11.8 Å². The highest BCUT2D eigenvalue weighted by molar-refractivity contribution is 7.99. The summed E-state index contributed by atoms with van der Waals surface area (Å²) < 4.78 is 1.85. The van der Waals surface area contributed by atoms with E-state index in [0.29, 0.717) is 0 Å². The van der Waals surface area contributed by atoms with Crippen LogP contribution in [-0.4, -0.2) is 37.8 Å². The molecule has 0 aliphatic carbocycles. The summed E-state index contributed by atoms with van der Waals surface area (Å²) in [7, 11) is 0. The molecule has 84 valence electrons. The smallest absolute Gasteiger partial charge is 0.161 e. The van der Waals surface area contributed by atoms with Gasteiger partial charge in [0.25, 0.3) is 0 Å². The summed E-state index contributed by atoms with van der Waals surface area (Å²) in [4.78, 5) is 0. The molecular weight excluding hydrogens is 224 g/mol. The lowest BCUT2D eigenvalue weighted by molar-refractivity contribution is 0.470. The van der Waals surface area contributed by atoms with Crippen molar-refractivity contribution >= 4 is 17.4 Å². The normalized spacial score (nSPS) is 21.4. The summed E-state index contributed by atoms with van der Waals surface area (Å²) in [6.07, 6.45) is 1.66. The summed E-state index contributed by atoms with van der Waals surface area (Å²) in [6, 6.07) is 3.61. The minimum Gasteiger partial charge on any atom is -0.506 e. The average Bonchev–Trinajstić information content (AvgIpc) is 2.73. The third kappa shape index (κ3) is 1.64. The quantitative estimate of drug-likeness (QED) is 0.767. The monoisotopic (exact) mass is 236 g/mol. The van der Waals surface area contributed by atoms with Gasteiger partial charge < -0.3 is 10.4 Å². The molecule has 0 amide bonds. The molecule has 2 aromatic rings. The standard InChI is InChI=1S/C10H12N4OS/c15-7-1-2-9-12-13-10(14(9)5-7)8-6-16-4-3-11-8/h1-2,5,8,11,15H,3-4,6H2. The summed E-state index contributed by atoms with van der Waals surface area (Å²) in [5.41, 5.74) is 0.769. The van der Waals surface area contributed by atoms with Crippen molar-refractivity contribution in [3.8, 4) is 5.75 Å². The highest BCUT2D eigenvalue weighted by Crippen LogP contribution is 2.22. The first-order valence-corrected chi connectivity index (χ1v) is 6.35. The number of aromatic nitrogens is 3. The fraction of sp³-hybridized carbons (Fsp3) is 0.400. The predicted octanol–water partition coefficient (Wildman–Crippen LogP) is 0.812. The van der Waals surface area contributed by atoms with Crippen molar-refractivity contribution in [2.75, 3.05) is 18.1 Å². The zero-order chi connectivity index (χ0) is 11.0. The van der Waals surface area contributed by atoms with Crippen LogP contribution in [0.3, 0.4) is 0 Å². The van der Waals surface area contributed by atoms with E-state index in [1.165, 1.54) is 0 Å². The van der Waals surface area contributed by atoms with Gasteiger partial charge in [0.15, 0.2) is 11.5 Å². The Morgan fingerprint density at radius 1 is 1.44 bits per heavy atom. The minimum atomic E-state index is 0.218. The van der Waals surface area contributed by atoms with Gasteiger partial charge >= 0.3 is 0 Å². The van der Waals surface area contributed by atoms with E-state index in [1.807, 2.05) is 16.2 Å². The van der Waals surface area contributed by atoms with E-state index in [1.54, 1.807) is 18.3 Å². The van der Waals surface area contributed by atoms with Gasteiger partial charge in [-0.15, -0.1) is 10.2 Å². The number of aromatic hydroxyl groups is 1. The zero-order valence-electron chi connectivity index (χ0n) is 8.63. The summed E-state index contributed by atoms with van der Waals surface area (Å²) in [6.45, 7) is 0.989. The molecule has 0 saturated carbocycles. The van der Waals surface area contributed by atoms with E-state index in [2.05, 4.69) is 15.5 Å². The number of hydrogen-bond donors (Lipinski definition) is 2. The molecule has 2 N–H and O–H groups in total. The zero-order valence-corrected chi connectivity index (χ0v) is 9.44. The Balaban J connectivity index is 2.05. The molecule has 1 atom stereocenters. The van der Waals surface area contributed by atoms with Gasteiger partial charge in [-0.05, 0) is 12.1 Å². The minimum absolute atomic E-state index is 0.218. The largest absolute Gasteiger partial charge is 0.506 e. The fourth-order valence-electron chi connectivity index (χ4n) is 1.87. The van der Waals surface area contributed by atoms with Crippen molar-refractivity contribution < 1.29 is 5.11 Å². The summed E-state index contributed by atoms with van der Waals surface area (Å²) >= 11 is 1.91. The molecule has 0 aromatic carbocycles. The Morgan fingerprint density at radius 2 is 2.38 bits per heavy atom. The van der Waals surface area contributed by atoms with Crippen LogP contribution in [0.4, 0.5) is 0 Å². The number of rotatable bonds is 1. The van der Waals surface area contributed by atoms with Crippen molar-refractivity contribution in [2.45, 2.75) is 6.04 Å². The molecule has 6 heteroatoms. The molecule has 0 bridgehead atoms. The second-order valence-electron chi connectivity index (χ2n) is 3.76. The molecule has 1 unspecified atom stereocenters. The topological polar surface area (TPSA) is 62.5 Å². The van der Waals surface area contributed by atoms with Crippen molar-refractivity contribution in [1.29, 1.82) is 0 Å². The lowest BCUT2D eigenvalue weighted by atomic mass is 10.3.